The predicted molar refractivity (Wildman–Crippen MR) is 73.8 cm³/mol. The third-order valence-corrected chi connectivity index (χ3v) is 3.35. The van der Waals surface area contributed by atoms with E-state index in [4.69, 9.17) is 0 Å². The van der Waals surface area contributed by atoms with Crippen molar-refractivity contribution in [2.45, 2.75) is 19.3 Å². The van der Waals surface area contributed by atoms with Crippen LogP contribution in [0.4, 0.5) is 23.7 Å². The molecule has 1 heterocycles. The first-order chi connectivity index (χ1) is 10.5. The van der Waals surface area contributed by atoms with Gasteiger partial charge in [-0.1, -0.05) is 0 Å². The Bertz CT molecular complexity index is 581. The molecule has 2 rings (SSSR count). The van der Waals surface area contributed by atoms with Gasteiger partial charge in [-0.2, -0.15) is 0 Å². The Morgan fingerprint density at radius 3 is 2.68 bits per heavy atom. The molecule has 0 aromatic heterocycles. The lowest BCUT2D eigenvalue weighted by molar-refractivity contribution is -0.127. The van der Waals surface area contributed by atoms with Gasteiger partial charge >= 0.3 is 6.03 Å². The smallest absolute Gasteiger partial charge is 0.319 e. The van der Waals surface area contributed by atoms with E-state index < -0.39 is 29.2 Å². The lowest BCUT2D eigenvalue weighted by Crippen LogP contribution is -2.33. The van der Waals surface area contributed by atoms with Gasteiger partial charge in [0.05, 0.1) is 5.69 Å². The molecule has 0 unspecified atom stereocenters. The summed E-state index contributed by atoms with van der Waals surface area (Å²) in [5, 5.41) is 4.56. The minimum Gasteiger partial charge on any atom is -0.343 e. The van der Waals surface area contributed by atoms with Crippen molar-refractivity contribution in [1.29, 1.82) is 0 Å². The van der Waals surface area contributed by atoms with Crippen LogP contribution in [0, 0.1) is 17.5 Å². The van der Waals surface area contributed by atoms with Gasteiger partial charge in [-0.25, -0.2) is 18.0 Å². The fourth-order valence-corrected chi connectivity index (χ4v) is 2.20. The predicted octanol–water partition coefficient (Wildman–Crippen LogP) is 2.24. The number of nitrogens with zero attached hydrogens (tertiary/aromatic N) is 1. The number of anilines is 1. The van der Waals surface area contributed by atoms with Gasteiger partial charge < -0.3 is 15.5 Å². The summed E-state index contributed by atoms with van der Waals surface area (Å²) in [7, 11) is 0. The van der Waals surface area contributed by atoms with Crippen LogP contribution in [-0.2, 0) is 4.79 Å². The van der Waals surface area contributed by atoms with E-state index in [1.807, 2.05) is 0 Å². The van der Waals surface area contributed by atoms with E-state index in [0.717, 1.165) is 25.1 Å². The number of halogens is 3. The molecule has 1 aromatic carbocycles. The lowest BCUT2D eigenvalue weighted by atomic mass is 10.3. The Hall–Kier alpha value is -2.25. The number of likely N-dealkylation sites (tertiary alicyclic amines) is 1. The maximum absolute atomic E-state index is 13.4. The largest absolute Gasteiger partial charge is 0.343 e. The second-order valence-corrected chi connectivity index (χ2v) is 4.94. The minimum absolute atomic E-state index is 0.105. The molecule has 0 bridgehead atoms. The van der Waals surface area contributed by atoms with E-state index in [9.17, 15) is 22.8 Å². The molecule has 0 aliphatic carbocycles. The van der Waals surface area contributed by atoms with Crippen LogP contribution in [0.5, 0.6) is 0 Å². The summed E-state index contributed by atoms with van der Waals surface area (Å²) >= 11 is 0. The Labute approximate surface area is 125 Å². The summed E-state index contributed by atoms with van der Waals surface area (Å²) in [6.45, 7) is 1.55. The van der Waals surface area contributed by atoms with Crippen molar-refractivity contribution in [2.75, 3.05) is 25.0 Å². The summed E-state index contributed by atoms with van der Waals surface area (Å²) in [6, 6.07) is 0.945. The van der Waals surface area contributed by atoms with Crippen molar-refractivity contribution >= 4 is 17.6 Å². The van der Waals surface area contributed by atoms with Crippen LogP contribution >= 0.6 is 0 Å². The number of hydrogen-bond acceptors (Lipinski definition) is 2. The summed E-state index contributed by atoms with van der Waals surface area (Å²) in [6.07, 6.45) is 1.96. The number of carbonyl (C=O) groups excluding carboxylic acids is 2. The quantitative estimate of drug-likeness (QED) is 0.646. The first kappa shape index (κ1) is 16.1. The molecular weight excluding hydrogens is 299 g/mol. The van der Waals surface area contributed by atoms with Gasteiger partial charge in [0.25, 0.3) is 0 Å². The highest BCUT2D eigenvalue weighted by Gasteiger charge is 2.19. The van der Waals surface area contributed by atoms with Gasteiger partial charge in [0, 0.05) is 26.1 Å². The van der Waals surface area contributed by atoms with Crippen molar-refractivity contribution in [3.05, 3.63) is 29.6 Å². The number of nitrogens with one attached hydrogen (secondary N) is 2. The van der Waals surface area contributed by atoms with Gasteiger partial charge in [-0.15, -0.1) is 0 Å². The normalized spacial score (nSPS) is 14.3. The van der Waals surface area contributed by atoms with Crippen molar-refractivity contribution in [2.24, 2.45) is 0 Å². The average molecular weight is 315 g/mol. The van der Waals surface area contributed by atoms with E-state index in [1.165, 1.54) is 0 Å². The highest BCUT2D eigenvalue weighted by Crippen LogP contribution is 2.19. The van der Waals surface area contributed by atoms with Crippen molar-refractivity contribution in [1.82, 2.24) is 10.2 Å². The van der Waals surface area contributed by atoms with Crippen LogP contribution in [0.2, 0.25) is 0 Å². The molecule has 1 aromatic rings. The summed E-state index contributed by atoms with van der Waals surface area (Å²) in [5.41, 5.74) is -0.439. The van der Waals surface area contributed by atoms with Crippen molar-refractivity contribution in [3.63, 3.8) is 0 Å². The molecule has 3 amide bonds. The van der Waals surface area contributed by atoms with E-state index in [0.29, 0.717) is 19.4 Å². The molecule has 0 radical (unpaired) electrons. The molecule has 0 saturated carbocycles. The lowest BCUT2D eigenvalue weighted by Gasteiger charge is -2.15. The molecule has 0 spiro atoms. The Balaban J connectivity index is 1.74. The first-order valence-electron chi connectivity index (χ1n) is 6.95. The topological polar surface area (TPSA) is 61.4 Å². The van der Waals surface area contributed by atoms with E-state index in [-0.39, 0.29) is 12.5 Å². The molecule has 1 saturated heterocycles. The Morgan fingerprint density at radius 2 is 2.00 bits per heavy atom. The second-order valence-electron chi connectivity index (χ2n) is 4.94. The number of carbonyl (C=O) groups is 2. The van der Waals surface area contributed by atoms with Crippen LogP contribution in [0.1, 0.15) is 19.3 Å². The summed E-state index contributed by atoms with van der Waals surface area (Å²) < 4.78 is 39.1. The van der Waals surface area contributed by atoms with Gasteiger partial charge in [-0.3, -0.25) is 4.79 Å². The molecule has 1 aliphatic heterocycles. The van der Waals surface area contributed by atoms with E-state index >= 15 is 0 Å². The molecule has 1 fully saturated rings. The number of urea groups is 1. The molecule has 120 valence electrons. The molecule has 8 heteroatoms. The minimum atomic E-state index is -1.63. The Morgan fingerprint density at radius 1 is 1.23 bits per heavy atom. The van der Waals surface area contributed by atoms with Crippen LogP contribution in [0.25, 0.3) is 0 Å². The van der Waals surface area contributed by atoms with Gasteiger partial charge in [0.1, 0.15) is 0 Å². The number of amides is 3. The number of benzene rings is 1. The van der Waals surface area contributed by atoms with Crippen molar-refractivity contribution in [3.8, 4) is 0 Å². The van der Waals surface area contributed by atoms with Gasteiger partial charge in [0.15, 0.2) is 17.5 Å². The highest BCUT2D eigenvalue weighted by atomic mass is 19.2. The molecule has 0 atom stereocenters. The first-order valence-corrected chi connectivity index (χ1v) is 6.95. The third-order valence-electron chi connectivity index (χ3n) is 3.35. The zero-order valence-electron chi connectivity index (χ0n) is 11.8. The maximum atomic E-state index is 13.4. The van der Waals surface area contributed by atoms with E-state index in [1.54, 1.807) is 4.90 Å². The monoisotopic (exact) mass is 315 g/mol. The van der Waals surface area contributed by atoms with Crippen LogP contribution in [0.3, 0.4) is 0 Å². The number of rotatable bonds is 5. The van der Waals surface area contributed by atoms with Gasteiger partial charge in [0.2, 0.25) is 5.91 Å². The van der Waals surface area contributed by atoms with E-state index in [2.05, 4.69) is 10.6 Å². The Kier molecular flexibility index (Phi) is 5.24. The summed E-state index contributed by atoms with van der Waals surface area (Å²) in [5.74, 6) is -4.30. The fourth-order valence-electron chi connectivity index (χ4n) is 2.20. The van der Waals surface area contributed by atoms with Crippen LogP contribution in [0.15, 0.2) is 12.1 Å². The third kappa shape index (κ3) is 3.90. The maximum Gasteiger partial charge on any atom is 0.319 e. The molecule has 22 heavy (non-hydrogen) atoms. The molecule has 5 nitrogen and oxygen atoms in total. The average Bonchev–Trinajstić information content (AvgIpc) is 2.90. The molecule has 1 aliphatic rings. The van der Waals surface area contributed by atoms with Crippen LogP contribution < -0.4 is 10.6 Å². The molecule has 2 N–H and O–H groups in total. The molecular formula is C14H16F3N3O2. The number of hydrogen-bond donors (Lipinski definition) is 2. The fraction of sp³-hybridized carbons (Fsp3) is 0.429. The zero-order valence-corrected chi connectivity index (χ0v) is 11.8. The summed E-state index contributed by atoms with van der Waals surface area (Å²) in [4.78, 5) is 24.6. The zero-order chi connectivity index (χ0) is 16.1. The SMILES string of the molecule is O=C(NCCCN1CCCC1=O)Nc1ccc(F)c(F)c1F. The standard InChI is InChI=1S/C14H16F3N3O2/c15-9-4-5-10(13(17)12(9)16)19-14(22)18-6-2-8-20-7-1-3-11(20)21/h4-5H,1-3,6-8H2,(H2,18,19,22). The highest BCUT2D eigenvalue weighted by molar-refractivity contribution is 5.89. The van der Waals surface area contributed by atoms with Crippen LogP contribution in [-0.4, -0.2) is 36.5 Å². The van der Waals surface area contributed by atoms with Gasteiger partial charge in [-0.05, 0) is 25.0 Å². The van der Waals surface area contributed by atoms with Crippen molar-refractivity contribution < 1.29 is 22.8 Å². The second kappa shape index (κ2) is 7.15.